The fourth-order valence-electron chi connectivity index (χ4n) is 2.11. The molecule has 0 saturated carbocycles. The first-order valence-corrected chi connectivity index (χ1v) is 9.13. The van der Waals surface area contributed by atoms with Crippen LogP contribution in [0.4, 0.5) is 18.9 Å². The molecule has 1 heterocycles. The summed E-state index contributed by atoms with van der Waals surface area (Å²) in [6, 6.07) is 10.2. The lowest BCUT2D eigenvalue weighted by Crippen LogP contribution is -2.19. The van der Waals surface area contributed by atoms with Gasteiger partial charge in [-0.15, -0.1) is 0 Å². The molecule has 9 heteroatoms. The average molecular weight is 462 g/mol. The van der Waals surface area contributed by atoms with E-state index >= 15 is 0 Å². The van der Waals surface area contributed by atoms with Gasteiger partial charge in [0.15, 0.2) is 5.17 Å². The van der Waals surface area contributed by atoms with Crippen LogP contribution in [0.25, 0.3) is 6.08 Å². The molecule has 1 aliphatic rings. The number of hydrogen-bond donors (Lipinski definition) is 1. The van der Waals surface area contributed by atoms with Gasteiger partial charge in [-0.2, -0.15) is 13.2 Å². The molecule has 1 N–H and O–H groups in total. The Balaban J connectivity index is 1.89. The summed E-state index contributed by atoms with van der Waals surface area (Å²) >= 11 is 10.3. The highest BCUT2D eigenvalue weighted by molar-refractivity contribution is 9.10. The van der Waals surface area contributed by atoms with Crippen molar-refractivity contribution in [2.24, 2.45) is 4.99 Å². The number of aliphatic imine (C=N–C) groups is 1. The number of nitrogens with zero attached hydrogens (tertiary/aromatic N) is 1. The Bertz CT molecular complexity index is 944. The molecule has 0 unspecified atom stereocenters. The van der Waals surface area contributed by atoms with E-state index in [9.17, 15) is 18.0 Å². The lowest BCUT2D eigenvalue weighted by molar-refractivity contribution is -0.137. The normalized spacial score (nSPS) is 17.8. The largest absolute Gasteiger partial charge is 0.416 e. The molecule has 0 spiro atoms. The second kappa shape index (κ2) is 7.46. The summed E-state index contributed by atoms with van der Waals surface area (Å²) in [5.41, 5.74) is -0.121. The lowest BCUT2D eigenvalue weighted by Gasteiger charge is -2.08. The molecule has 0 aliphatic carbocycles. The topological polar surface area (TPSA) is 41.5 Å². The van der Waals surface area contributed by atoms with Crippen molar-refractivity contribution >= 4 is 62.1 Å². The molecule has 0 radical (unpaired) electrons. The predicted molar refractivity (Wildman–Crippen MR) is 101 cm³/mol. The van der Waals surface area contributed by atoms with E-state index in [1.807, 2.05) is 24.3 Å². The fraction of sp³-hybridized carbons (Fsp3) is 0.0588. The molecule has 1 amide bonds. The van der Waals surface area contributed by atoms with Crippen molar-refractivity contribution in [1.29, 1.82) is 0 Å². The number of hydrogen-bond acceptors (Lipinski definition) is 3. The van der Waals surface area contributed by atoms with Crippen LogP contribution in [-0.4, -0.2) is 11.1 Å². The third-order valence-corrected chi connectivity index (χ3v) is 5.02. The quantitative estimate of drug-likeness (QED) is 0.556. The second-order valence-electron chi connectivity index (χ2n) is 5.20. The van der Waals surface area contributed by atoms with Crippen LogP contribution >= 0.6 is 39.3 Å². The number of amides is 1. The highest BCUT2D eigenvalue weighted by Gasteiger charge is 2.31. The minimum Gasteiger partial charge on any atom is -0.300 e. The third kappa shape index (κ3) is 4.49. The Morgan fingerprint density at radius 2 is 1.96 bits per heavy atom. The first-order chi connectivity index (χ1) is 12.2. The molecular weight excluding hydrogens is 453 g/mol. The van der Waals surface area contributed by atoms with Gasteiger partial charge in [-0.05, 0) is 53.7 Å². The number of thioether (sulfide) groups is 1. The highest BCUT2D eigenvalue weighted by Crippen LogP contribution is 2.36. The van der Waals surface area contributed by atoms with Crippen LogP contribution in [0.3, 0.4) is 0 Å². The standard InChI is InChI=1S/C17H9BrClF3N2OS/c18-11-3-1-2-9(6-11)7-14-15(25)24-16(26-14)23-13-8-10(17(20,21)22)4-5-12(13)19/h1-8H,(H,23,24,25). The summed E-state index contributed by atoms with van der Waals surface area (Å²) in [5, 5.41) is 2.75. The van der Waals surface area contributed by atoms with Gasteiger partial charge < -0.3 is 5.32 Å². The molecule has 3 rings (SSSR count). The van der Waals surface area contributed by atoms with Gasteiger partial charge in [-0.1, -0.05) is 39.7 Å². The fourth-order valence-corrected chi connectivity index (χ4v) is 3.52. The van der Waals surface area contributed by atoms with Crippen LogP contribution in [-0.2, 0) is 11.0 Å². The van der Waals surface area contributed by atoms with Crippen LogP contribution in [0.2, 0.25) is 5.02 Å². The van der Waals surface area contributed by atoms with Crippen molar-refractivity contribution in [1.82, 2.24) is 5.32 Å². The Morgan fingerprint density at radius 3 is 2.65 bits per heavy atom. The van der Waals surface area contributed by atoms with Crippen molar-refractivity contribution in [3.63, 3.8) is 0 Å². The molecule has 134 valence electrons. The zero-order valence-corrected chi connectivity index (χ0v) is 15.9. The minimum atomic E-state index is -4.50. The summed E-state index contributed by atoms with van der Waals surface area (Å²) in [6.45, 7) is 0. The Labute approximate surface area is 164 Å². The van der Waals surface area contributed by atoms with Gasteiger partial charge in [0.25, 0.3) is 5.91 Å². The lowest BCUT2D eigenvalue weighted by atomic mass is 10.2. The Hall–Kier alpha value is -1.77. The molecule has 2 aromatic carbocycles. The predicted octanol–water partition coefficient (Wildman–Crippen LogP) is 6.01. The SMILES string of the molecule is O=C1NC(=Nc2cc(C(F)(F)F)ccc2Cl)SC1=Cc1cccc(Br)c1. The van der Waals surface area contributed by atoms with Gasteiger partial charge in [0, 0.05) is 4.47 Å². The molecule has 3 nitrogen and oxygen atoms in total. The van der Waals surface area contributed by atoms with Crippen LogP contribution in [0.15, 0.2) is 56.8 Å². The maximum absolute atomic E-state index is 12.8. The number of amidine groups is 1. The van der Waals surface area contributed by atoms with Gasteiger partial charge >= 0.3 is 6.18 Å². The molecule has 2 aromatic rings. The van der Waals surface area contributed by atoms with Crippen molar-refractivity contribution in [3.05, 3.63) is 68.0 Å². The summed E-state index contributed by atoms with van der Waals surface area (Å²) in [7, 11) is 0. The van der Waals surface area contributed by atoms with E-state index in [4.69, 9.17) is 11.6 Å². The number of rotatable bonds is 2. The highest BCUT2D eigenvalue weighted by atomic mass is 79.9. The van der Waals surface area contributed by atoms with Crippen LogP contribution in [0.5, 0.6) is 0 Å². The summed E-state index contributed by atoms with van der Waals surface area (Å²) in [5.74, 6) is -0.378. The van der Waals surface area contributed by atoms with Gasteiger partial charge in [0.2, 0.25) is 0 Å². The molecular formula is C17H9BrClF3N2OS. The van der Waals surface area contributed by atoms with Gasteiger partial charge in [-0.3, -0.25) is 4.79 Å². The Morgan fingerprint density at radius 1 is 1.19 bits per heavy atom. The number of nitrogens with one attached hydrogen (secondary N) is 1. The van der Waals surface area contributed by atoms with E-state index in [1.165, 1.54) is 0 Å². The van der Waals surface area contributed by atoms with Gasteiger partial charge in [0.1, 0.15) is 0 Å². The third-order valence-electron chi connectivity index (χ3n) is 3.29. The zero-order valence-electron chi connectivity index (χ0n) is 12.8. The molecule has 0 bridgehead atoms. The molecule has 1 fully saturated rings. The molecule has 0 aromatic heterocycles. The number of benzene rings is 2. The summed E-state index contributed by atoms with van der Waals surface area (Å²) in [4.78, 5) is 16.5. The van der Waals surface area contributed by atoms with Crippen molar-refractivity contribution < 1.29 is 18.0 Å². The first-order valence-electron chi connectivity index (χ1n) is 7.14. The molecule has 0 atom stereocenters. The molecule has 26 heavy (non-hydrogen) atoms. The van der Waals surface area contributed by atoms with Gasteiger partial charge in [0.05, 0.1) is 21.2 Å². The Kier molecular flexibility index (Phi) is 5.45. The van der Waals surface area contributed by atoms with Crippen LogP contribution in [0.1, 0.15) is 11.1 Å². The molecule has 1 aliphatic heterocycles. The number of carbonyl (C=O) groups excluding carboxylic acids is 1. The smallest absolute Gasteiger partial charge is 0.300 e. The molecule has 1 saturated heterocycles. The summed E-state index contributed by atoms with van der Waals surface area (Å²) in [6.07, 6.45) is -2.83. The average Bonchev–Trinajstić information content (AvgIpc) is 2.88. The second-order valence-corrected chi connectivity index (χ2v) is 7.55. The number of halogens is 5. The van der Waals surface area contributed by atoms with E-state index in [0.717, 1.165) is 40.0 Å². The minimum absolute atomic E-state index is 0.0600. The first kappa shape index (κ1) is 19.0. The van der Waals surface area contributed by atoms with E-state index in [-0.39, 0.29) is 21.8 Å². The van der Waals surface area contributed by atoms with E-state index in [1.54, 1.807) is 6.08 Å². The monoisotopic (exact) mass is 460 g/mol. The van der Waals surface area contributed by atoms with Gasteiger partial charge in [-0.25, -0.2) is 4.99 Å². The van der Waals surface area contributed by atoms with Crippen molar-refractivity contribution in [2.75, 3.05) is 0 Å². The maximum Gasteiger partial charge on any atom is 0.416 e. The summed E-state index contributed by atoms with van der Waals surface area (Å²) < 4.78 is 39.4. The number of carbonyl (C=O) groups is 1. The maximum atomic E-state index is 12.8. The van der Waals surface area contributed by atoms with E-state index < -0.39 is 11.7 Å². The zero-order chi connectivity index (χ0) is 18.9. The van der Waals surface area contributed by atoms with Crippen molar-refractivity contribution in [3.8, 4) is 0 Å². The van der Waals surface area contributed by atoms with E-state index in [0.29, 0.717) is 4.91 Å². The van der Waals surface area contributed by atoms with Crippen LogP contribution in [0, 0.1) is 0 Å². The van der Waals surface area contributed by atoms with Crippen molar-refractivity contribution in [2.45, 2.75) is 6.18 Å². The van der Waals surface area contributed by atoms with E-state index in [2.05, 4.69) is 26.2 Å². The van der Waals surface area contributed by atoms with Crippen LogP contribution < -0.4 is 5.32 Å². The number of alkyl halides is 3.